The van der Waals surface area contributed by atoms with Gasteiger partial charge >= 0.3 is 0 Å². The maximum absolute atomic E-state index is 10.4. The zero-order valence-corrected chi connectivity index (χ0v) is 6.73. The summed E-state index contributed by atoms with van der Waals surface area (Å²) in [4.78, 5) is 9.78. The molecule has 0 aliphatic carbocycles. The smallest absolute Gasteiger partial charge is 0.276 e. The molecule has 1 aromatic rings. The first-order valence-electron chi connectivity index (χ1n) is 3.18. The third-order valence-corrected chi connectivity index (χ3v) is 1.63. The van der Waals surface area contributed by atoms with E-state index < -0.39 is 10.5 Å². The maximum Gasteiger partial charge on any atom is 0.276 e. The molecule has 4 nitrogen and oxygen atoms in total. The van der Waals surface area contributed by atoms with Crippen LogP contribution in [-0.2, 0) is 0 Å². The molecule has 0 aliphatic rings. The van der Waals surface area contributed by atoms with Crippen LogP contribution in [0.1, 0.15) is 11.1 Å². The normalized spacial score (nSPS) is 12.5. The first kappa shape index (κ1) is 8.96. The highest BCUT2D eigenvalue weighted by molar-refractivity contribution is 6.20. The van der Waals surface area contributed by atoms with Crippen molar-refractivity contribution in [1.29, 1.82) is 0 Å². The van der Waals surface area contributed by atoms with E-state index in [4.69, 9.17) is 16.7 Å². The first-order chi connectivity index (χ1) is 5.63. The molecule has 1 atom stereocenters. The Morgan fingerprint density at radius 1 is 1.50 bits per heavy atom. The van der Waals surface area contributed by atoms with E-state index in [0.29, 0.717) is 0 Å². The summed E-state index contributed by atoms with van der Waals surface area (Å²) in [6.45, 7) is 0. The Morgan fingerprint density at radius 2 is 2.08 bits per heavy atom. The molecule has 64 valence electrons. The van der Waals surface area contributed by atoms with Gasteiger partial charge in [-0.1, -0.05) is 23.7 Å². The second kappa shape index (κ2) is 3.51. The molecule has 1 unspecified atom stereocenters. The molecular formula is C7H6ClNO3. The molecule has 12 heavy (non-hydrogen) atoms. The monoisotopic (exact) mass is 187 g/mol. The van der Waals surface area contributed by atoms with Gasteiger partial charge in [-0.2, -0.15) is 0 Å². The summed E-state index contributed by atoms with van der Waals surface area (Å²) in [5, 5.41) is 19.3. The lowest BCUT2D eigenvalue weighted by Crippen LogP contribution is -1.96. The fourth-order valence-corrected chi connectivity index (χ4v) is 1.04. The fourth-order valence-electron chi connectivity index (χ4n) is 0.855. The minimum Gasteiger partial charge on any atom is -0.373 e. The van der Waals surface area contributed by atoms with Crippen molar-refractivity contribution in [2.24, 2.45) is 0 Å². The third-order valence-electron chi connectivity index (χ3n) is 1.39. The Labute approximate surface area is 73.5 Å². The SMILES string of the molecule is O=[N+]([O-])c1ccccc1C(O)Cl. The van der Waals surface area contributed by atoms with Crippen molar-refractivity contribution in [3.05, 3.63) is 39.9 Å². The Morgan fingerprint density at radius 3 is 2.50 bits per heavy atom. The van der Waals surface area contributed by atoms with Crippen LogP contribution in [0, 0.1) is 10.1 Å². The van der Waals surface area contributed by atoms with Crippen molar-refractivity contribution < 1.29 is 10.0 Å². The molecule has 1 aromatic carbocycles. The minimum atomic E-state index is -1.33. The standard InChI is InChI=1S/C7H6ClNO3/c8-7(10)5-3-1-2-4-6(5)9(11)12/h1-4,7,10H. The average molecular weight is 188 g/mol. The van der Waals surface area contributed by atoms with E-state index in [1.165, 1.54) is 18.2 Å². The lowest BCUT2D eigenvalue weighted by molar-refractivity contribution is -0.385. The number of halogens is 1. The molecular weight excluding hydrogens is 182 g/mol. The van der Waals surface area contributed by atoms with Crippen molar-refractivity contribution in [1.82, 2.24) is 0 Å². The number of rotatable bonds is 2. The number of aliphatic hydroxyl groups excluding tert-OH is 1. The lowest BCUT2D eigenvalue weighted by Gasteiger charge is -2.01. The zero-order chi connectivity index (χ0) is 9.14. The van der Waals surface area contributed by atoms with Gasteiger partial charge in [0.15, 0.2) is 5.56 Å². The van der Waals surface area contributed by atoms with Crippen molar-refractivity contribution in [2.45, 2.75) is 5.56 Å². The maximum atomic E-state index is 10.4. The summed E-state index contributed by atoms with van der Waals surface area (Å²) < 4.78 is 0. The minimum absolute atomic E-state index is 0.115. The summed E-state index contributed by atoms with van der Waals surface area (Å²) in [6.07, 6.45) is 0. The molecule has 1 rings (SSSR count). The van der Waals surface area contributed by atoms with Crippen LogP contribution >= 0.6 is 11.6 Å². The van der Waals surface area contributed by atoms with Crippen LogP contribution in [0.5, 0.6) is 0 Å². The summed E-state index contributed by atoms with van der Waals surface area (Å²) in [5.41, 5.74) is -1.38. The van der Waals surface area contributed by atoms with Gasteiger partial charge in [0, 0.05) is 6.07 Å². The van der Waals surface area contributed by atoms with Gasteiger partial charge in [-0.05, 0) is 6.07 Å². The Balaban J connectivity index is 3.17. The zero-order valence-electron chi connectivity index (χ0n) is 5.98. The van der Waals surface area contributed by atoms with Gasteiger partial charge in [0.25, 0.3) is 5.69 Å². The van der Waals surface area contributed by atoms with Crippen LogP contribution in [0.4, 0.5) is 5.69 Å². The number of nitro groups is 1. The van der Waals surface area contributed by atoms with Crippen LogP contribution in [0.2, 0.25) is 0 Å². The number of aliphatic hydroxyl groups is 1. The quantitative estimate of drug-likeness (QED) is 0.436. The van der Waals surface area contributed by atoms with E-state index in [0.717, 1.165) is 0 Å². The van der Waals surface area contributed by atoms with E-state index in [1.54, 1.807) is 6.07 Å². The number of hydrogen-bond donors (Lipinski definition) is 1. The molecule has 0 amide bonds. The number of nitro benzene ring substituents is 1. The van der Waals surface area contributed by atoms with E-state index >= 15 is 0 Å². The molecule has 1 N–H and O–H groups in total. The Bertz CT molecular complexity index is 300. The van der Waals surface area contributed by atoms with Gasteiger partial charge < -0.3 is 5.11 Å². The lowest BCUT2D eigenvalue weighted by atomic mass is 10.2. The molecule has 0 radical (unpaired) electrons. The van der Waals surface area contributed by atoms with Crippen molar-refractivity contribution in [3.8, 4) is 0 Å². The highest BCUT2D eigenvalue weighted by atomic mass is 35.5. The number of alkyl halides is 1. The average Bonchev–Trinajstić information content (AvgIpc) is 2.04. The van der Waals surface area contributed by atoms with Crippen LogP contribution in [0.15, 0.2) is 24.3 Å². The van der Waals surface area contributed by atoms with Gasteiger partial charge in [-0.15, -0.1) is 0 Å². The Hall–Kier alpha value is -1.13. The number of benzene rings is 1. The summed E-state index contributed by atoms with van der Waals surface area (Å²) >= 11 is 5.30. The number of para-hydroxylation sites is 1. The summed E-state index contributed by atoms with van der Waals surface area (Å²) in [7, 11) is 0. The predicted molar refractivity (Wildman–Crippen MR) is 43.9 cm³/mol. The highest BCUT2D eigenvalue weighted by Crippen LogP contribution is 2.26. The molecule has 0 bridgehead atoms. The summed E-state index contributed by atoms with van der Waals surface area (Å²) in [5.74, 6) is 0. The van der Waals surface area contributed by atoms with Gasteiger partial charge in [0.1, 0.15) is 0 Å². The molecule has 0 aliphatic heterocycles. The fraction of sp³-hybridized carbons (Fsp3) is 0.143. The van der Waals surface area contributed by atoms with Crippen molar-refractivity contribution in [3.63, 3.8) is 0 Å². The van der Waals surface area contributed by atoms with Crippen LogP contribution < -0.4 is 0 Å². The molecule has 0 fully saturated rings. The second-order valence-electron chi connectivity index (χ2n) is 2.15. The third kappa shape index (κ3) is 1.72. The van der Waals surface area contributed by atoms with Gasteiger partial charge in [-0.25, -0.2) is 0 Å². The molecule has 0 spiro atoms. The topological polar surface area (TPSA) is 63.4 Å². The molecule has 0 aromatic heterocycles. The number of hydrogen-bond acceptors (Lipinski definition) is 3. The predicted octanol–water partition coefficient (Wildman–Crippen LogP) is 1.82. The highest BCUT2D eigenvalue weighted by Gasteiger charge is 2.16. The Kier molecular flexibility index (Phi) is 2.62. The second-order valence-corrected chi connectivity index (χ2v) is 2.57. The van der Waals surface area contributed by atoms with Crippen LogP contribution in [0.25, 0.3) is 0 Å². The van der Waals surface area contributed by atoms with E-state index in [1.807, 2.05) is 0 Å². The summed E-state index contributed by atoms with van der Waals surface area (Å²) in [6, 6.07) is 5.80. The largest absolute Gasteiger partial charge is 0.373 e. The first-order valence-corrected chi connectivity index (χ1v) is 3.62. The van der Waals surface area contributed by atoms with E-state index in [-0.39, 0.29) is 11.3 Å². The molecule has 0 saturated carbocycles. The van der Waals surface area contributed by atoms with Gasteiger partial charge in [-0.3, -0.25) is 10.1 Å². The molecule has 0 saturated heterocycles. The van der Waals surface area contributed by atoms with Gasteiger partial charge in [0.05, 0.1) is 10.5 Å². The van der Waals surface area contributed by atoms with Crippen LogP contribution in [0.3, 0.4) is 0 Å². The van der Waals surface area contributed by atoms with Crippen LogP contribution in [-0.4, -0.2) is 10.0 Å². The van der Waals surface area contributed by atoms with Crippen molar-refractivity contribution >= 4 is 17.3 Å². The molecule has 5 heteroatoms. The molecule has 0 heterocycles. The van der Waals surface area contributed by atoms with E-state index in [9.17, 15) is 10.1 Å². The number of nitrogens with zero attached hydrogens (tertiary/aromatic N) is 1. The van der Waals surface area contributed by atoms with Crippen molar-refractivity contribution in [2.75, 3.05) is 0 Å². The van der Waals surface area contributed by atoms with E-state index in [2.05, 4.69) is 0 Å². The van der Waals surface area contributed by atoms with Gasteiger partial charge in [0.2, 0.25) is 0 Å².